The molecule has 12 aromatic heterocycles. The molecule has 12 aromatic rings. The Kier molecular flexibility index (Phi) is 26.2. The maximum absolute atomic E-state index is 14.3. The normalized spacial score (nSPS) is 12.3. The number of hydrogen-bond donors (Lipinski definition) is 11. The number of alkyl halides is 7. The second kappa shape index (κ2) is 35.2. The Balaban J connectivity index is 0. The lowest BCUT2D eigenvalue weighted by Gasteiger charge is -2.30. The number of H-pyrrole nitrogens is 4. The maximum Gasteiger partial charge on any atom is 0.405 e. The molecule has 2 atom stereocenters. The van der Waals surface area contributed by atoms with Gasteiger partial charge in [0.25, 0.3) is 0 Å². The van der Waals surface area contributed by atoms with E-state index < -0.39 is 96.4 Å². The molecule has 0 radical (unpaired) electrons. The number of rotatable bonds is 23. The molecule has 0 aliphatic heterocycles. The topological polar surface area (TPSA) is 374 Å². The standard InChI is InChI=1S/C18H20ClFN6O.C18H18F4N6O.C18H19F3N6O.C17H18F2N6O.10H2/c1-5-26(4)17(27)18(2,3)25-16-13(20)9-23-15(24-16)12-8-22-14-11(12)6-10(19)7-21-14;1-9(2)13(17(29)26-8-18(20,21)22)27-16-12(19)7-25-15(28-16)11-6-24-14-10(11)4-3-5-23-14;1-10(2)14(17(28)25-9-18(19,20)21)26-13-5-7-23-16(27-13)12-8-24-15-11(12)4-3-6-22-15;1-17(2,16(26)21-7-5-18)25-15-12(19)9-23-14(24-15)11-8-22-13-10(11)4-3-6-20-13;;;;;;;;;;/h6-9H,5H2,1-4H3,(H,21,22)(H,23,24,25);3-7,9,13H,8H2,1-2H3,(H,23,24)(H,26,29)(H,25,27,28);3-8,10,14H,9H2,1-2H3,(H,22,24)(H,25,28)(H,23,26,27);3-4,6,8-9H,5,7H2,1-2H3,(H,20,22)(H,21,26)(H,23,24,25);10*1H/t;13-;14-;;;;;;;;;;;/m.11.........../s1. The minimum absolute atomic E-state index is 0. The van der Waals surface area contributed by atoms with Crippen LogP contribution in [0.15, 0.2) is 123 Å². The number of halogens is 11. The van der Waals surface area contributed by atoms with E-state index in [1.807, 2.05) is 24.4 Å². The summed E-state index contributed by atoms with van der Waals surface area (Å²) in [7, 11) is 1.69. The van der Waals surface area contributed by atoms with Crippen LogP contribution in [0, 0.1) is 29.3 Å². The van der Waals surface area contributed by atoms with E-state index in [-0.39, 0.29) is 61.7 Å². The van der Waals surface area contributed by atoms with Crippen molar-refractivity contribution in [2.24, 2.45) is 11.8 Å². The van der Waals surface area contributed by atoms with Crippen molar-refractivity contribution < 1.29 is 77.3 Å². The second-order valence-electron chi connectivity index (χ2n) is 26.2. The first-order chi connectivity index (χ1) is 52.0. The zero-order valence-corrected chi connectivity index (χ0v) is 61.3. The summed E-state index contributed by atoms with van der Waals surface area (Å²) in [5, 5.41) is 20.8. The lowest BCUT2D eigenvalue weighted by Crippen LogP contribution is -2.48. The molecule has 0 spiro atoms. The molecule has 0 aliphatic rings. The summed E-state index contributed by atoms with van der Waals surface area (Å²) in [6.07, 6.45) is 8.72. The largest absolute Gasteiger partial charge is 0.405 e. The summed E-state index contributed by atoms with van der Waals surface area (Å²) >= 11 is 6.03. The average Bonchev–Trinajstić information content (AvgIpc) is 1.61. The number of nitrogens with zero attached hydrogens (tertiary/aromatic N) is 13. The molecule has 12 heterocycles. The van der Waals surface area contributed by atoms with Crippen molar-refractivity contribution in [3.63, 3.8) is 0 Å². The Morgan fingerprint density at radius 1 is 0.509 bits per heavy atom. The van der Waals surface area contributed by atoms with Crippen LogP contribution in [-0.4, -0.2) is 184 Å². The summed E-state index contributed by atoms with van der Waals surface area (Å²) in [5.41, 5.74) is 2.93. The lowest BCUT2D eigenvalue weighted by molar-refractivity contribution is -0.139. The third-order valence-electron chi connectivity index (χ3n) is 16.3. The smallest absolute Gasteiger partial charge is 0.358 e. The summed E-state index contributed by atoms with van der Waals surface area (Å²) in [5.74, 6) is -4.12. The minimum Gasteiger partial charge on any atom is -0.358 e. The number of carbonyl (C=O) groups excluding carboxylic acids is 4. The van der Waals surface area contributed by atoms with E-state index in [2.05, 4.69) is 106 Å². The fraction of sp³-hybridized carbons (Fsp3) is 0.324. The predicted octanol–water partition coefficient (Wildman–Crippen LogP) is 14.8. The number of nitrogens with one attached hydrogen (secondary N) is 11. The molecule has 110 heavy (non-hydrogen) atoms. The fourth-order valence-corrected chi connectivity index (χ4v) is 10.8. The molecule has 4 amide bonds. The van der Waals surface area contributed by atoms with Crippen LogP contribution in [0.25, 0.3) is 89.7 Å². The van der Waals surface area contributed by atoms with Gasteiger partial charge in [-0.25, -0.2) is 77.4 Å². The molecule has 0 saturated heterocycles. The van der Waals surface area contributed by atoms with Crippen molar-refractivity contribution in [2.75, 3.05) is 61.2 Å². The third-order valence-corrected chi connectivity index (χ3v) is 16.5. The van der Waals surface area contributed by atoms with E-state index in [1.54, 1.807) is 152 Å². The zero-order chi connectivity index (χ0) is 80.0. The highest BCUT2D eigenvalue weighted by Gasteiger charge is 2.35. The highest BCUT2D eigenvalue weighted by molar-refractivity contribution is 6.31. The number of anilines is 4. The van der Waals surface area contributed by atoms with Gasteiger partial charge in [0.2, 0.25) is 23.6 Å². The number of hydrogen-bond acceptors (Lipinski definition) is 20. The van der Waals surface area contributed by atoms with Gasteiger partial charge in [0.05, 0.1) is 23.6 Å². The van der Waals surface area contributed by atoms with Crippen molar-refractivity contribution in [1.29, 1.82) is 0 Å². The lowest BCUT2D eigenvalue weighted by atomic mass is 10.0. The molecule has 0 unspecified atom stereocenters. The number of aromatic nitrogens is 16. The second-order valence-corrected chi connectivity index (χ2v) is 26.6. The highest BCUT2D eigenvalue weighted by atomic mass is 35.5. The van der Waals surface area contributed by atoms with Gasteiger partial charge in [-0.05, 0) is 95.0 Å². The molecular weight excluding hydrogens is 1480 g/mol. The molecular formula is C71H95ClF10N24O4. The highest BCUT2D eigenvalue weighted by Crippen LogP contribution is 2.33. The van der Waals surface area contributed by atoms with Crippen molar-refractivity contribution in [3.05, 3.63) is 145 Å². The van der Waals surface area contributed by atoms with Crippen LogP contribution in [0.1, 0.15) is 76.6 Å². The van der Waals surface area contributed by atoms with Crippen LogP contribution < -0.4 is 37.2 Å². The number of carbonyl (C=O) groups is 4. The maximum atomic E-state index is 14.3. The summed E-state index contributed by atoms with van der Waals surface area (Å²) in [6.45, 7) is 11.9. The minimum atomic E-state index is -4.55. The van der Waals surface area contributed by atoms with Crippen LogP contribution in [0.4, 0.5) is 67.2 Å². The van der Waals surface area contributed by atoms with Gasteiger partial charge in [0.15, 0.2) is 58.2 Å². The number of fused-ring (bicyclic) bond motifs is 4. The van der Waals surface area contributed by atoms with Crippen molar-refractivity contribution >= 4 is 103 Å². The molecule has 600 valence electrons. The molecule has 0 saturated carbocycles. The quantitative estimate of drug-likeness (QED) is 0.0265. The molecule has 39 heteroatoms. The number of aromatic amines is 4. The van der Waals surface area contributed by atoms with E-state index in [1.165, 1.54) is 12.4 Å². The molecule has 11 N–H and O–H groups in total. The monoisotopic (exact) mass is 1570 g/mol. The predicted molar refractivity (Wildman–Crippen MR) is 415 cm³/mol. The third kappa shape index (κ3) is 20.9. The number of amides is 4. The SMILES string of the molecule is CC(C)(Nc1nc(-c2c[nH]c3ncccc23)ncc1F)C(=O)NCCF.CC(C)[C@@H](Nc1ccnc(-c2c[nH]c3ncccc23)n1)C(=O)NCC(F)(F)F.CC(C)[C@@H](Nc1nc(-c2c[nH]c3ncccc23)ncc1F)C(=O)NCC(F)(F)F.CCN(C)C(=O)C(C)(C)Nc1nc(-c2c[nH]c3ncc(Cl)cc23)ncc1F.[HH].[HH].[HH].[HH].[HH].[HH].[HH].[HH].[HH].[HH]. The van der Waals surface area contributed by atoms with Gasteiger partial charge < -0.3 is 62.1 Å². The number of pyridine rings is 4. The molecule has 0 aromatic carbocycles. The first kappa shape index (κ1) is 81.8. The molecule has 0 fully saturated rings. The Morgan fingerprint density at radius 3 is 1.34 bits per heavy atom. The van der Waals surface area contributed by atoms with Gasteiger partial charge in [-0.3, -0.25) is 19.2 Å². The Hall–Kier alpha value is -12.3. The van der Waals surface area contributed by atoms with Crippen LogP contribution in [0.3, 0.4) is 0 Å². The molecule has 0 aliphatic carbocycles. The summed E-state index contributed by atoms with van der Waals surface area (Å²) in [6, 6.07) is 12.1. The van der Waals surface area contributed by atoms with Gasteiger partial charge in [0, 0.05) is 134 Å². The van der Waals surface area contributed by atoms with Crippen molar-refractivity contribution in [1.82, 2.24) is 101 Å². The van der Waals surface area contributed by atoms with Crippen LogP contribution in [-0.2, 0) is 19.2 Å². The summed E-state index contributed by atoms with van der Waals surface area (Å²) < 4.78 is 129. The van der Waals surface area contributed by atoms with E-state index in [4.69, 9.17) is 11.6 Å². The molecule has 28 nitrogen and oxygen atoms in total. The first-order valence-electron chi connectivity index (χ1n) is 33.7. The van der Waals surface area contributed by atoms with E-state index in [9.17, 15) is 63.1 Å². The van der Waals surface area contributed by atoms with Gasteiger partial charge in [-0.1, -0.05) is 39.3 Å². The summed E-state index contributed by atoms with van der Waals surface area (Å²) in [4.78, 5) is 113. The van der Waals surface area contributed by atoms with Crippen LogP contribution in [0.5, 0.6) is 0 Å². The molecule has 12 rings (SSSR count). The fourth-order valence-electron chi connectivity index (χ4n) is 10.6. The van der Waals surface area contributed by atoms with E-state index >= 15 is 0 Å². The first-order valence-corrected chi connectivity index (χ1v) is 34.1. The Morgan fingerprint density at radius 2 is 0.909 bits per heavy atom. The van der Waals surface area contributed by atoms with Gasteiger partial charge in [0.1, 0.15) is 71.3 Å². The van der Waals surface area contributed by atoms with Gasteiger partial charge in [-0.2, -0.15) is 26.3 Å². The van der Waals surface area contributed by atoms with Gasteiger partial charge in [-0.15, -0.1) is 0 Å². The average molecular weight is 1570 g/mol. The van der Waals surface area contributed by atoms with Crippen LogP contribution in [0.2, 0.25) is 5.02 Å². The van der Waals surface area contributed by atoms with Gasteiger partial charge >= 0.3 is 12.4 Å². The van der Waals surface area contributed by atoms with Crippen molar-refractivity contribution in [3.8, 4) is 45.6 Å². The van der Waals surface area contributed by atoms with Crippen LogP contribution >= 0.6 is 11.6 Å². The zero-order valence-electron chi connectivity index (χ0n) is 60.5. The number of likely N-dealkylation sites (N-methyl/N-ethyl adjacent to an activating group) is 1. The molecule has 0 bridgehead atoms. The van der Waals surface area contributed by atoms with E-state index in [0.717, 1.165) is 40.3 Å². The van der Waals surface area contributed by atoms with Crippen molar-refractivity contribution in [2.45, 2.75) is 97.8 Å². The van der Waals surface area contributed by atoms with E-state index in [0.29, 0.717) is 73.7 Å². The Bertz CT molecular complexity index is 5250. The Labute approximate surface area is 640 Å².